The van der Waals surface area contributed by atoms with E-state index >= 15 is 0 Å². The first kappa shape index (κ1) is 10.5. The van der Waals surface area contributed by atoms with Crippen molar-refractivity contribution >= 4 is 5.97 Å². The molecule has 0 bridgehead atoms. The minimum atomic E-state index is -0.0991. The molecule has 1 unspecified atom stereocenters. The maximum Gasteiger partial charge on any atom is 0.307 e. The Kier molecular flexibility index (Phi) is 4.22. The first-order chi connectivity index (χ1) is 6.24. The number of hydrogen-bond donors (Lipinski definition) is 1. The minimum absolute atomic E-state index is 0.0991. The van der Waals surface area contributed by atoms with Crippen molar-refractivity contribution in [1.82, 2.24) is 5.32 Å². The van der Waals surface area contributed by atoms with Crippen LogP contribution in [0.25, 0.3) is 0 Å². The lowest BCUT2D eigenvalue weighted by molar-refractivity contribution is -0.143. The van der Waals surface area contributed by atoms with Gasteiger partial charge in [-0.2, -0.15) is 0 Å². The zero-order chi connectivity index (χ0) is 9.68. The van der Waals surface area contributed by atoms with E-state index in [9.17, 15) is 4.79 Å². The van der Waals surface area contributed by atoms with E-state index in [1.807, 2.05) is 6.92 Å². The lowest BCUT2D eigenvalue weighted by Gasteiger charge is -2.11. The quantitative estimate of drug-likeness (QED) is 0.634. The Balaban J connectivity index is 1.96. The molecule has 0 aromatic rings. The van der Waals surface area contributed by atoms with Gasteiger partial charge in [0, 0.05) is 12.6 Å². The molecule has 1 saturated carbocycles. The monoisotopic (exact) mass is 185 g/mol. The molecular formula is C10H19NO2. The third-order valence-corrected chi connectivity index (χ3v) is 2.43. The Labute approximate surface area is 79.8 Å². The fraction of sp³-hybridized carbons (Fsp3) is 0.900. The van der Waals surface area contributed by atoms with Crippen molar-refractivity contribution in [1.29, 1.82) is 0 Å². The van der Waals surface area contributed by atoms with Crippen LogP contribution in [-0.4, -0.2) is 25.2 Å². The molecule has 1 fully saturated rings. The molecule has 1 aliphatic carbocycles. The van der Waals surface area contributed by atoms with Gasteiger partial charge in [-0.1, -0.05) is 0 Å². The molecule has 0 spiro atoms. The SMILES string of the molecule is CCOC(=O)CCNC(C)C1CC1. The van der Waals surface area contributed by atoms with Crippen molar-refractivity contribution in [3.63, 3.8) is 0 Å². The predicted molar refractivity (Wildman–Crippen MR) is 51.4 cm³/mol. The molecule has 0 amide bonds. The first-order valence-corrected chi connectivity index (χ1v) is 5.13. The Bertz CT molecular complexity index is 166. The fourth-order valence-corrected chi connectivity index (χ4v) is 1.40. The summed E-state index contributed by atoms with van der Waals surface area (Å²) < 4.78 is 4.82. The standard InChI is InChI=1S/C10H19NO2/c1-3-13-10(12)6-7-11-8(2)9-4-5-9/h8-9,11H,3-7H2,1-2H3. The second-order valence-corrected chi connectivity index (χ2v) is 3.64. The van der Waals surface area contributed by atoms with E-state index in [2.05, 4.69) is 12.2 Å². The average molecular weight is 185 g/mol. The van der Waals surface area contributed by atoms with Crippen LogP contribution in [0.2, 0.25) is 0 Å². The number of rotatable bonds is 6. The van der Waals surface area contributed by atoms with Gasteiger partial charge >= 0.3 is 5.97 Å². The molecule has 0 heterocycles. The summed E-state index contributed by atoms with van der Waals surface area (Å²) in [4.78, 5) is 10.9. The van der Waals surface area contributed by atoms with Crippen LogP contribution in [0, 0.1) is 5.92 Å². The number of carbonyl (C=O) groups excluding carboxylic acids is 1. The minimum Gasteiger partial charge on any atom is -0.466 e. The van der Waals surface area contributed by atoms with Crippen LogP contribution >= 0.6 is 0 Å². The molecular weight excluding hydrogens is 166 g/mol. The Hall–Kier alpha value is -0.570. The molecule has 1 aliphatic rings. The Morgan fingerprint density at radius 2 is 2.31 bits per heavy atom. The van der Waals surface area contributed by atoms with E-state index in [-0.39, 0.29) is 5.97 Å². The number of carbonyl (C=O) groups is 1. The molecule has 0 aromatic heterocycles. The molecule has 1 atom stereocenters. The molecule has 0 saturated heterocycles. The van der Waals surface area contributed by atoms with Crippen molar-refractivity contribution in [2.45, 2.75) is 39.2 Å². The van der Waals surface area contributed by atoms with Gasteiger partial charge in [0.1, 0.15) is 0 Å². The third-order valence-electron chi connectivity index (χ3n) is 2.43. The maximum atomic E-state index is 10.9. The van der Waals surface area contributed by atoms with Crippen LogP contribution in [0.1, 0.15) is 33.1 Å². The highest BCUT2D eigenvalue weighted by atomic mass is 16.5. The van der Waals surface area contributed by atoms with Crippen LogP contribution in [0.15, 0.2) is 0 Å². The summed E-state index contributed by atoms with van der Waals surface area (Å²) in [6, 6.07) is 0.564. The van der Waals surface area contributed by atoms with Gasteiger partial charge in [-0.3, -0.25) is 4.79 Å². The zero-order valence-electron chi connectivity index (χ0n) is 8.51. The Morgan fingerprint density at radius 1 is 1.62 bits per heavy atom. The van der Waals surface area contributed by atoms with Crippen molar-refractivity contribution in [3.05, 3.63) is 0 Å². The summed E-state index contributed by atoms with van der Waals surface area (Å²) in [6.07, 6.45) is 3.17. The number of ether oxygens (including phenoxy) is 1. The Morgan fingerprint density at radius 3 is 2.85 bits per heavy atom. The van der Waals surface area contributed by atoms with Crippen LogP contribution in [-0.2, 0) is 9.53 Å². The lowest BCUT2D eigenvalue weighted by atomic mass is 10.2. The normalized spacial score (nSPS) is 18.3. The lowest BCUT2D eigenvalue weighted by Crippen LogP contribution is -2.30. The summed E-state index contributed by atoms with van der Waals surface area (Å²) in [5.74, 6) is 0.750. The van der Waals surface area contributed by atoms with Gasteiger partial charge < -0.3 is 10.1 Å². The zero-order valence-corrected chi connectivity index (χ0v) is 8.51. The average Bonchev–Trinajstić information content (AvgIpc) is 2.86. The summed E-state index contributed by atoms with van der Waals surface area (Å²) in [5.41, 5.74) is 0. The topological polar surface area (TPSA) is 38.3 Å². The van der Waals surface area contributed by atoms with Crippen LogP contribution in [0.4, 0.5) is 0 Å². The van der Waals surface area contributed by atoms with Crippen LogP contribution < -0.4 is 5.32 Å². The summed E-state index contributed by atoms with van der Waals surface area (Å²) in [5, 5.41) is 3.33. The van der Waals surface area contributed by atoms with Gasteiger partial charge in [0.15, 0.2) is 0 Å². The molecule has 13 heavy (non-hydrogen) atoms. The van der Waals surface area contributed by atoms with Crippen LogP contribution in [0.3, 0.4) is 0 Å². The molecule has 1 rings (SSSR count). The summed E-state index contributed by atoms with van der Waals surface area (Å²) in [6.45, 7) is 5.24. The predicted octanol–water partition coefficient (Wildman–Crippen LogP) is 1.33. The highest BCUT2D eigenvalue weighted by Gasteiger charge is 2.27. The summed E-state index contributed by atoms with van der Waals surface area (Å²) >= 11 is 0. The summed E-state index contributed by atoms with van der Waals surface area (Å²) in [7, 11) is 0. The van der Waals surface area contributed by atoms with Crippen molar-refractivity contribution in [2.75, 3.05) is 13.2 Å². The van der Waals surface area contributed by atoms with E-state index in [0.717, 1.165) is 12.5 Å². The first-order valence-electron chi connectivity index (χ1n) is 5.13. The van der Waals surface area contributed by atoms with Gasteiger partial charge in [0.2, 0.25) is 0 Å². The second-order valence-electron chi connectivity index (χ2n) is 3.64. The van der Waals surface area contributed by atoms with E-state index in [1.54, 1.807) is 0 Å². The molecule has 1 N–H and O–H groups in total. The highest BCUT2D eigenvalue weighted by Crippen LogP contribution is 2.32. The molecule has 3 nitrogen and oxygen atoms in total. The fourth-order valence-electron chi connectivity index (χ4n) is 1.40. The molecule has 0 aliphatic heterocycles. The van der Waals surface area contributed by atoms with Gasteiger partial charge in [-0.05, 0) is 32.6 Å². The van der Waals surface area contributed by atoms with Crippen molar-refractivity contribution in [2.24, 2.45) is 5.92 Å². The second kappa shape index (κ2) is 5.22. The van der Waals surface area contributed by atoms with Crippen LogP contribution in [0.5, 0.6) is 0 Å². The molecule has 0 radical (unpaired) electrons. The van der Waals surface area contributed by atoms with Gasteiger partial charge in [-0.15, -0.1) is 0 Å². The number of esters is 1. The van der Waals surface area contributed by atoms with E-state index in [0.29, 0.717) is 19.1 Å². The molecule has 0 aromatic carbocycles. The number of nitrogens with one attached hydrogen (secondary N) is 1. The van der Waals surface area contributed by atoms with Crippen molar-refractivity contribution < 1.29 is 9.53 Å². The van der Waals surface area contributed by atoms with E-state index in [1.165, 1.54) is 12.8 Å². The van der Waals surface area contributed by atoms with Gasteiger partial charge in [0.05, 0.1) is 13.0 Å². The smallest absolute Gasteiger partial charge is 0.307 e. The molecule has 76 valence electrons. The molecule has 3 heteroatoms. The van der Waals surface area contributed by atoms with E-state index < -0.39 is 0 Å². The third kappa shape index (κ3) is 4.27. The van der Waals surface area contributed by atoms with E-state index in [4.69, 9.17) is 4.74 Å². The number of hydrogen-bond acceptors (Lipinski definition) is 3. The van der Waals surface area contributed by atoms with Gasteiger partial charge in [0.25, 0.3) is 0 Å². The van der Waals surface area contributed by atoms with Gasteiger partial charge in [-0.25, -0.2) is 0 Å². The highest BCUT2D eigenvalue weighted by molar-refractivity contribution is 5.69. The largest absolute Gasteiger partial charge is 0.466 e. The van der Waals surface area contributed by atoms with Crippen molar-refractivity contribution in [3.8, 4) is 0 Å². The maximum absolute atomic E-state index is 10.9.